The summed E-state index contributed by atoms with van der Waals surface area (Å²) in [6.07, 6.45) is 11.0. The van der Waals surface area contributed by atoms with Crippen LogP contribution in [0, 0.1) is 5.92 Å². The smallest absolute Gasteiger partial charge is 0.518 e. The number of carbonyl (C=O) groups is 2. The van der Waals surface area contributed by atoms with Crippen LogP contribution in [0.15, 0.2) is 60.9 Å². The lowest BCUT2D eigenvalue weighted by Gasteiger charge is -2.11. The van der Waals surface area contributed by atoms with E-state index in [0.29, 0.717) is 30.9 Å². The summed E-state index contributed by atoms with van der Waals surface area (Å²) < 4.78 is 44.6. The van der Waals surface area contributed by atoms with Gasteiger partial charge in [0.15, 0.2) is 23.9 Å². The van der Waals surface area contributed by atoms with Gasteiger partial charge in [0.2, 0.25) is 5.91 Å². The number of pyridine rings is 1. The van der Waals surface area contributed by atoms with E-state index in [2.05, 4.69) is 31.3 Å². The molecule has 0 atom stereocenters. The van der Waals surface area contributed by atoms with E-state index in [-0.39, 0.29) is 18.4 Å². The number of hydrogen-bond donors (Lipinski definition) is 1. The Morgan fingerprint density at radius 3 is 2.41 bits per heavy atom. The molecule has 0 saturated carbocycles. The van der Waals surface area contributed by atoms with Crippen LogP contribution in [0.25, 0.3) is 0 Å². The second-order valence-electron chi connectivity index (χ2n) is 8.40. The number of allylic oxidation sites excluding steroid dienone is 2. The zero-order valence-corrected chi connectivity index (χ0v) is 22.5. The average molecular weight is 537 g/mol. The van der Waals surface area contributed by atoms with Crippen LogP contribution in [0.3, 0.4) is 0 Å². The summed E-state index contributed by atoms with van der Waals surface area (Å²) in [7, 11) is -2.43. The molecule has 10 nitrogen and oxygen atoms in total. The van der Waals surface area contributed by atoms with Crippen molar-refractivity contribution in [3.05, 3.63) is 66.5 Å². The molecule has 0 bridgehead atoms. The molecule has 0 aliphatic rings. The first-order chi connectivity index (χ1) is 17.5. The third kappa shape index (κ3) is 16.8. The van der Waals surface area contributed by atoms with Gasteiger partial charge in [-0.2, -0.15) is 4.57 Å². The SMILES string of the molecule is COc1cc(CNC(=O)CCCCC=CC(C)C)ccc1OC(=O)OC[n+]1ccccc1.CS(=O)(=O)[O-]. The van der Waals surface area contributed by atoms with Gasteiger partial charge in [-0.05, 0) is 42.9 Å². The molecule has 0 radical (unpaired) electrons. The van der Waals surface area contributed by atoms with E-state index < -0.39 is 16.3 Å². The van der Waals surface area contributed by atoms with Crippen LogP contribution in [0.4, 0.5) is 4.79 Å². The standard InChI is InChI=1S/C25H32N2O5.CH4O3S/c1-20(2)11-7-4-5-8-12-24(28)26-18-21-13-14-22(23(17-21)30-3)32-25(29)31-19-27-15-9-6-10-16-27;1-5(2,3)4/h6-7,9-11,13-17,20H,4-5,8,12,18-19H2,1-3H3;1H3,(H,2,3,4). The highest BCUT2D eigenvalue weighted by Crippen LogP contribution is 2.28. The Labute approximate surface area is 219 Å². The van der Waals surface area contributed by atoms with Crippen LogP contribution in [0.1, 0.15) is 45.1 Å². The molecular formula is C26H36N2O8S. The number of carbonyl (C=O) groups excluding carboxylic acids is 2. The number of amides is 1. The van der Waals surface area contributed by atoms with Crippen LogP contribution in [-0.4, -0.2) is 38.4 Å². The topological polar surface area (TPSA) is 135 Å². The lowest BCUT2D eigenvalue weighted by molar-refractivity contribution is -0.727. The van der Waals surface area contributed by atoms with Crippen molar-refractivity contribution >= 4 is 22.2 Å². The average Bonchev–Trinajstić information content (AvgIpc) is 2.83. The van der Waals surface area contributed by atoms with Gasteiger partial charge in [0.1, 0.15) is 0 Å². The first-order valence-corrected chi connectivity index (χ1v) is 13.6. The van der Waals surface area contributed by atoms with E-state index in [4.69, 9.17) is 27.2 Å². The van der Waals surface area contributed by atoms with Gasteiger partial charge in [-0.25, -0.2) is 13.2 Å². The van der Waals surface area contributed by atoms with Crippen molar-refractivity contribution in [2.45, 2.75) is 52.8 Å². The highest BCUT2D eigenvalue weighted by atomic mass is 32.2. The van der Waals surface area contributed by atoms with Crippen LogP contribution in [0.5, 0.6) is 11.5 Å². The Kier molecular flexibility index (Phi) is 14.6. The van der Waals surface area contributed by atoms with E-state index in [1.165, 1.54) is 7.11 Å². The summed E-state index contributed by atoms with van der Waals surface area (Å²) >= 11 is 0. The Hall–Kier alpha value is -3.44. The summed E-state index contributed by atoms with van der Waals surface area (Å²) in [5.41, 5.74) is 0.843. The minimum atomic E-state index is -3.92. The van der Waals surface area contributed by atoms with Gasteiger partial charge in [0.05, 0.1) is 17.2 Å². The molecule has 1 aromatic carbocycles. The number of hydrogen-bond acceptors (Lipinski definition) is 8. The van der Waals surface area contributed by atoms with Crippen molar-refractivity contribution in [2.75, 3.05) is 13.4 Å². The number of unbranched alkanes of at least 4 members (excludes halogenated alkanes) is 2. The zero-order valence-electron chi connectivity index (χ0n) is 21.7. The predicted molar refractivity (Wildman–Crippen MR) is 137 cm³/mol. The molecule has 1 amide bonds. The van der Waals surface area contributed by atoms with Crippen molar-refractivity contribution < 1.29 is 41.3 Å². The Morgan fingerprint density at radius 2 is 1.78 bits per heavy atom. The number of benzene rings is 1. The van der Waals surface area contributed by atoms with Gasteiger partial charge in [-0.1, -0.05) is 38.1 Å². The predicted octanol–water partition coefficient (Wildman–Crippen LogP) is 3.71. The minimum Gasteiger partial charge on any atom is -0.748 e. The molecule has 0 saturated heterocycles. The molecule has 37 heavy (non-hydrogen) atoms. The molecule has 0 aliphatic carbocycles. The fraction of sp³-hybridized carbons (Fsp3) is 0.423. The lowest BCUT2D eigenvalue weighted by Crippen LogP contribution is -2.35. The molecule has 2 aromatic rings. The zero-order chi connectivity index (χ0) is 27.7. The van der Waals surface area contributed by atoms with Gasteiger partial charge < -0.3 is 24.1 Å². The van der Waals surface area contributed by atoms with Crippen LogP contribution < -0.4 is 19.4 Å². The maximum atomic E-state index is 12.1. The maximum absolute atomic E-state index is 12.1. The largest absolute Gasteiger partial charge is 0.748 e. The summed E-state index contributed by atoms with van der Waals surface area (Å²) in [6, 6.07) is 10.7. The molecule has 0 spiro atoms. The number of nitrogens with zero attached hydrogens (tertiary/aromatic N) is 1. The van der Waals surface area contributed by atoms with Crippen molar-refractivity contribution in [2.24, 2.45) is 5.92 Å². The van der Waals surface area contributed by atoms with Crippen molar-refractivity contribution in [1.82, 2.24) is 5.32 Å². The van der Waals surface area contributed by atoms with E-state index in [1.807, 2.05) is 18.2 Å². The Bertz CT molecular complexity index is 1090. The number of nitrogens with one attached hydrogen (secondary N) is 1. The molecule has 2 rings (SSSR count). The third-order valence-electron chi connectivity index (χ3n) is 4.57. The third-order valence-corrected chi connectivity index (χ3v) is 4.57. The highest BCUT2D eigenvalue weighted by molar-refractivity contribution is 7.84. The molecule has 0 aliphatic heterocycles. The molecule has 204 valence electrons. The molecule has 0 fully saturated rings. The molecule has 11 heteroatoms. The van der Waals surface area contributed by atoms with E-state index >= 15 is 0 Å². The summed E-state index contributed by atoms with van der Waals surface area (Å²) in [6.45, 7) is 4.71. The molecule has 0 unspecified atom stereocenters. The Balaban J connectivity index is 0.00000124. The minimum absolute atomic E-state index is 0.0131. The number of aromatic nitrogens is 1. The quantitative estimate of drug-likeness (QED) is 0.108. The first-order valence-electron chi connectivity index (χ1n) is 11.8. The second-order valence-corrected chi connectivity index (χ2v) is 9.81. The Morgan fingerprint density at radius 1 is 1.11 bits per heavy atom. The van der Waals surface area contributed by atoms with Gasteiger partial charge in [0, 0.05) is 31.4 Å². The first kappa shape index (κ1) is 31.6. The maximum Gasteiger partial charge on any atom is 0.518 e. The summed E-state index contributed by atoms with van der Waals surface area (Å²) in [4.78, 5) is 24.0. The van der Waals surface area contributed by atoms with Crippen molar-refractivity contribution in [3.63, 3.8) is 0 Å². The van der Waals surface area contributed by atoms with E-state index in [1.54, 1.807) is 35.2 Å². The molecule has 1 N–H and O–H groups in total. The van der Waals surface area contributed by atoms with Crippen LogP contribution in [0.2, 0.25) is 0 Å². The normalized spacial score (nSPS) is 11.0. The number of methoxy groups -OCH3 is 1. The highest BCUT2D eigenvalue weighted by Gasteiger charge is 2.14. The molecular weight excluding hydrogens is 500 g/mol. The van der Waals surface area contributed by atoms with E-state index in [9.17, 15) is 9.59 Å². The fourth-order valence-corrected chi connectivity index (χ4v) is 2.88. The van der Waals surface area contributed by atoms with Crippen molar-refractivity contribution in [1.29, 1.82) is 0 Å². The van der Waals surface area contributed by atoms with Gasteiger partial charge in [0.25, 0.3) is 6.73 Å². The molecule has 1 heterocycles. The number of rotatable bonds is 12. The summed E-state index contributed by atoms with van der Waals surface area (Å²) in [5, 5.41) is 2.91. The molecule has 1 aromatic heterocycles. The lowest BCUT2D eigenvalue weighted by atomic mass is 10.1. The van der Waals surface area contributed by atoms with Gasteiger partial charge in [-0.3, -0.25) is 4.79 Å². The van der Waals surface area contributed by atoms with E-state index in [0.717, 1.165) is 24.8 Å². The fourth-order valence-electron chi connectivity index (χ4n) is 2.88. The van der Waals surface area contributed by atoms with Gasteiger partial charge in [-0.15, -0.1) is 0 Å². The summed E-state index contributed by atoms with van der Waals surface area (Å²) in [5.74, 6) is 1.21. The van der Waals surface area contributed by atoms with Crippen LogP contribution in [-0.2, 0) is 32.9 Å². The monoisotopic (exact) mass is 536 g/mol. The van der Waals surface area contributed by atoms with Gasteiger partial charge >= 0.3 is 6.16 Å². The number of ether oxygens (including phenoxy) is 3. The van der Waals surface area contributed by atoms with Crippen LogP contribution >= 0.6 is 0 Å². The van der Waals surface area contributed by atoms with Crippen molar-refractivity contribution in [3.8, 4) is 11.5 Å². The second kappa shape index (κ2) is 17.1.